The largest absolute Gasteiger partial charge is 0.491 e. The van der Waals surface area contributed by atoms with Crippen LogP contribution in [0.1, 0.15) is 19.8 Å². The van der Waals surface area contributed by atoms with E-state index in [0.717, 1.165) is 36.7 Å². The third-order valence-electron chi connectivity index (χ3n) is 3.07. The summed E-state index contributed by atoms with van der Waals surface area (Å²) in [6.45, 7) is 4.65. The second-order valence-electron chi connectivity index (χ2n) is 4.53. The zero-order valence-electron chi connectivity index (χ0n) is 10.7. The summed E-state index contributed by atoms with van der Waals surface area (Å²) in [4.78, 5) is 0. The minimum atomic E-state index is 0.212. The number of hydrogen-bond acceptors (Lipinski definition) is 3. The molecule has 1 aromatic rings. The van der Waals surface area contributed by atoms with Gasteiger partial charge in [0.05, 0.1) is 12.2 Å². The summed E-state index contributed by atoms with van der Waals surface area (Å²) in [5.41, 5.74) is 0. The predicted molar refractivity (Wildman–Crippen MR) is 73.4 cm³/mol. The number of likely N-dealkylation sites (N-methyl/N-ethyl adjacent to an activating group) is 1. The van der Waals surface area contributed by atoms with Gasteiger partial charge in [0.15, 0.2) is 0 Å². The first-order valence-electron chi connectivity index (χ1n) is 6.52. The Hall–Kier alpha value is -0.770. The van der Waals surface area contributed by atoms with Gasteiger partial charge in [-0.05, 0) is 43.7 Å². The molecule has 1 aliphatic heterocycles. The van der Waals surface area contributed by atoms with E-state index in [1.807, 2.05) is 24.3 Å². The van der Waals surface area contributed by atoms with E-state index in [0.29, 0.717) is 12.7 Å². The molecule has 1 heterocycles. The van der Waals surface area contributed by atoms with Crippen molar-refractivity contribution in [3.05, 3.63) is 29.3 Å². The summed E-state index contributed by atoms with van der Waals surface area (Å²) < 4.78 is 11.6. The highest BCUT2D eigenvalue weighted by Gasteiger charge is 2.25. The van der Waals surface area contributed by atoms with E-state index in [1.54, 1.807) is 0 Å². The van der Waals surface area contributed by atoms with Crippen LogP contribution in [-0.4, -0.2) is 31.9 Å². The van der Waals surface area contributed by atoms with Gasteiger partial charge in [-0.25, -0.2) is 0 Å². The molecule has 2 atom stereocenters. The Kier molecular flexibility index (Phi) is 5.29. The van der Waals surface area contributed by atoms with Crippen LogP contribution in [0.3, 0.4) is 0 Å². The summed E-state index contributed by atoms with van der Waals surface area (Å²) in [5.74, 6) is 0.845. The molecule has 0 aromatic heterocycles. The molecule has 1 aliphatic rings. The molecule has 2 rings (SSSR count). The Balaban J connectivity index is 1.70. The van der Waals surface area contributed by atoms with E-state index in [-0.39, 0.29) is 6.10 Å². The van der Waals surface area contributed by atoms with E-state index in [9.17, 15) is 0 Å². The Bertz CT molecular complexity index is 355. The van der Waals surface area contributed by atoms with Crippen molar-refractivity contribution >= 4 is 11.6 Å². The van der Waals surface area contributed by atoms with Gasteiger partial charge in [-0.1, -0.05) is 18.5 Å². The van der Waals surface area contributed by atoms with Crippen molar-refractivity contribution in [2.75, 3.05) is 19.7 Å². The molecule has 0 amide bonds. The Labute approximate surface area is 113 Å². The third-order valence-corrected chi connectivity index (χ3v) is 3.32. The Morgan fingerprint density at radius 1 is 1.28 bits per heavy atom. The van der Waals surface area contributed by atoms with Crippen LogP contribution in [0.4, 0.5) is 0 Å². The van der Waals surface area contributed by atoms with Crippen LogP contribution >= 0.6 is 11.6 Å². The molecular weight excluding hydrogens is 250 g/mol. The second-order valence-corrected chi connectivity index (χ2v) is 4.97. The van der Waals surface area contributed by atoms with Crippen molar-refractivity contribution in [3.63, 3.8) is 0 Å². The summed E-state index contributed by atoms with van der Waals surface area (Å²) in [6.07, 6.45) is 2.73. The first-order valence-corrected chi connectivity index (χ1v) is 6.90. The molecule has 0 bridgehead atoms. The molecule has 18 heavy (non-hydrogen) atoms. The zero-order chi connectivity index (χ0) is 12.8. The molecule has 1 fully saturated rings. The molecule has 0 radical (unpaired) electrons. The fourth-order valence-corrected chi connectivity index (χ4v) is 2.20. The number of benzene rings is 1. The average Bonchev–Trinajstić information content (AvgIpc) is 2.84. The van der Waals surface area contributed by atoms with Gasteiger partial charge in [-0.2, -0.15) is 0 Å². The van der Waals surface area contributed by atoms with E-state index in [2.05, 4.69) is 12.2 Å². The Morgan fingerprint density at radius 2 is 2.00 bits per heavy atom. The summed E-state index contributed by atoms with van der Waals surface area (Å²) in [5, 5.41) is 4.04. The highest BCUT2D eigenvalue weighted by atomic mass is 35.5. The number of halogens is 1. The topological polar surface area (TPSA) is 30.5 Å². The van der Waals surface area contributed by atoms with Crippen LogP contribution in [0.25, 0.3) is 0 Å². The molecule has 1 saturated heterocycles. The van der Waals surface area contributed by atoms with E-state index in [4.69, 9.17) is 21.1 Å². The first kappa shape index (κ1) is 13.7. The molecule has 1 aromatic carbocycles. The van der Waals surface area contributed by atoms with Gasteiger partial charge >= 0.3 is 0 Å². The second kappa shape index (κ2) is 6.98. The molecule has 4 heteroatoms. The molecular formula is C14H20ClNO2. The minimum Gasteiger partial charge on any atom is -0.491 e. The monoisotopic (exact) mass is 269 g/mol. The molecule has 0 spiro atoms. The lowest BCUT2D eigenvalue weighted by Crippen LogP contribution is -2.28. The number of ether oxygens (including phenoxy) is 2. The van der Waals surface area contributed by atoms with Gasteiger partial charge in [0, 0.05) is 11.6 Å². The SMILES string of the molecule is CCNCC1CCC(COc2ccc(Cl)cc2)O1. The highest BCUT2D eigenvalue weighted by Crippen LogP contribution is 2.21. The number of rotatable bonds is 6. The molecule has 3 nitrogen and oxygen atoms in total. The van der Waals surface area contributed by atoms with Crippen molar-refractivity contribution < 1.29 is 9.47 Å². The average molecular weight is 270 g/mol. The molecule has 100 valence electrons. The van der Waals surface area contributed by atoms with Crippen LogP contribution in [0.2, 0.25) is 5.02 Å². The fourth-order valence-electron chi connectivity index (χ4n) is 2.08. The van der Waals surface area contributed by atoms with Crippen LogP contribution in [-0.2, 0) is 4.74 Å². The van der Waals surface area contributed by atoms with Crippen molar-refractivity contribution in [1.29, 1.82) is 0 Å². The van der Waals surface area contributed by atoms with E-state index < -0.39 is 0 Å². The van der Waals surface area contributed by atoms with Gasteiger partial charge < -0.3 is 14.8 Å². The van der Waals surface area contributed by atoms with Crippen LogP contribution in [0.15, 0.2) is 24.3 Å². The number of nitrogens with one attached hydrogen (secondary N) is 1. The van der Waals surface area contributed by atoms with E-state index >= 15 is 0 Å². The highest BCUT2D eigenvalue weighted by molar-refractivity contribution is 6.30. The zero-order valence-corrected chi connectivity index (χ0v) is 11.5. The maximum Gasteiger partial charge on any atom is 0.119 e. The maximum absolute atomic E-state index is 5.90. The third kappa shape index (κ3) is 4.16. The lowest BCUT2D eigenvalue weighted by Gasteiger charge is -2.14. The summed E-state index contributed by atoms with van der Waals surface area (Å²) in [6, 6.07) is 7.43. The predicted octanol–water partition coefficient (Wildman–Crippen LogP) is 2.88. The lowest BCUT2D eigenvalue weighted by molar-refractivity contribution is 0.0188. The van der Waals surface area contributed by atoms with Gasteiger partial charge in [0.1, 0.15) is 12.4 Å². The van der Waals surface area contributed by atoms with Crippen LogP contribution in [0.5, 0.6) is 5.75 Å². The van der Waals surface area contributed by atoms with Gasteiger partial charge in [0.2, 0.25) is 0 Å². The van der Waals surface area contributed by atoms with Crippen LogP contribution < -0.4 is 10.1 Å². The van der Waals surface area contributed by atoms with Crippen molar-refractivity contribution in [1.82, 2.24) is 5.32 Å². The first-order chi connectivity index (χ1) is 8.78. The van der Waals surface area contributed by atoms with Gasteiger partial charge in [0.25, 0.3) is 0 Å². The standard InChI is InChI=1S/C14H20ClNO2/c1-2-16-9-13-7-8-14(18-13)10-17-12-5-3-11(15)4-6-12/h3-6,13-14,16H,2,7-10H2,1H3. The molecule has 0 aliphatic carbocycles. The molecule has 2 unspecified atom stereocenters. The fraction of sp³-hybridized carbons (Fsp3) is 0.571. The normalized spacial score (nSPS) is 23.2. The van der Waals surface area contributed by atoms with Gasteiger partial charge in [-0.15, -0.1) is 0 Å². The quantitative estimate of drug-likeness (QED) is 0.861. The molecule has 0 saturated carbocycles. The van der Waals surface area contributed by atoms with Gasteiger partial charge in [-0.3, -0.25) is 0 Å². The summed E-state index contributed by atoms with van der Waals surface area (Å²) in [7, 11) is 0. The lowest BCUT2D eigenvalue weighted by atomic mass is 10.2. The van der Waals surface area contributed by atoms with E-state index in [1.165, 1.54) is 0 Å². The maximum atomic E-state index is 5.90. The van der Waals surface area contributed by atoms with Crippen molar-refractivity contribution in [2.45, 2.75) is 32.0 Å². The van der Waals surface area contributed by atoms with Crippen molar-refractivity contribution in [3.8, 4) is 5.75 Å². The number of hydrogen-bond donors (Lipinski definition) is 1. The van der Waals surface area contributed by atoms with Crippen molar-refractivity contribution in [2.24, 2.45) is 0 Å². The smallest absolute Gasteiger partial charge is 0.119 e. The van der Waals surface area contributed by atoms with Crippen LogP contribution in [0, 0.1) is 0 Å². The molecule has 1 N–H and O–H groups in total. The summed E-state index contributed by atoms with van der Waals surface area (Å²) >= 11 is 5.82. The Morgan fingerprint density at radius 3 is 2.72 bits per heavy atom. The minimum absolute atomic E-state index is 0.212.